The smallest absolute Gasteiger partial charge is 0.251 e. The number of aryl methyl sites for hydroxylation is 1. The zero-order chi connectivity index (χ0) is 14.0. The summed E-state index contributed by atoms with van der Waals surface area (Å²) in [4.78, 5) is 12.3. The predicted octanol–water partition coefficient (Wildman–Crippen LogP) is 4.46. The van der Waals surface area contributed by atoms with Gasteiger partial charge in [-0.15, -0.1) is 0 Å². The van der Waals surface area contributed by atoms with Gasteiger partial charge in [0.15, 0.2) is 0 Å². The molecule has 1 saturated carbocycles. The van der Waals surface area contributed by atoms with Gasteiger partial charge in [0.05, 0.1) is 0 Å². The van der Waals surface area contributed by atoms with E-state index in [0.717, 1.165) is 28.4 Å². The normalized spacial score (nSPS) is 22.0. The first-order valence-electron chi connectivity index (χ1n) is 6.94. The number of carbonyl (C=O) groups is 1. The average Bonchev–Trinajstić information content (AvgIpc) is 2.31. The SMILES string of the molecule is Cc1ccc(C(=O)NC2CCCC(C)(C)C2)cc1Br. The highest BCUT2D eigenvalue weighted by atomic mass is 79.9. The van der Waals surface area contributed by atoms with E-state index in [9.17, 15) is 4.79 Å². The Morgan fingerprint density at radius 2 is 2.16 bits per heavy atom. The molecule has 1 amide bonds. The summed E-state index contributed by atoms with van der Waals surface area (Å²) in [5.41, 5.74) is 2.24. The second kappa shape index (κ2) is 5.66. The van der Waals surface area contributed by atoms with Crippen LogP contribution >= 0.6 is 15.9 Å². The van der Waals surface area contributed by atoms with Crippen LogP contribution in [0.1, 0.15) is 55.5 Å². The number of nitrogens with one attached hydrogen (secondary N) is 1. The Bertz CT molecular complexity index is 482. The molecule has 0 radical (unpaired) electrons. The third-order valence-corrected chi connectivity index (χ3v) is 4.83. The van der Waals surface area contributed by atoms with Gasteiger partial charge < -0.3 is 5.32 Å². The van der Waals surface area contributed by atoms with Gasteiger partial charge in [0.25, 0.3) is 5.91 Å². The van der Waals surface area contributed by atoms with Crippen molar-refractivity contribution in [2.45, 2.75) is 52.5 Å². The fourth-order valence-electron chi connectivity index (χ4n) is 2.82. The standard InChI is InChI=1S/C16H22BrNO/c1-11-6-7-12(9-14(11)17)15(19)18-13-5-4-8-16(2,3)10-13/h6-7,9,13H,4-5,8,10H2,1-3H3,(H,18,19). The molecule has 2 rings (SSSR count). The largest absolute Gasteiger partial charge is 0.349 e. The number of benzene rings is 1. The monoisotopic (exact) mass is 323 g/mol. The van der Waals surface area contributed by atoms with Crippen molar-refractivity contribution < 1.29 is 4.79 Å². The third kappa shape index (κ3) is 3.82. The van der Waals surface area contributed by atoms with Crippen molar-refractivity contribution in [1.29, 1.82) is 0 Å². The van der Waals surface area contributed by atoms with Gasteiger partial charge in [-0.3, -0.25) is 4.79 Å². The summed E-state index contributed by atoms with van der Waals surface area (Å²) in [6.07, 6.45) is 4.64. The summed E-state index contributed by atoms with van der Waals surface area (Å²) < 4.78 is 0.990. The van der Waals surface area contributed by atoms with Crippen molar-refractivity contribution in [1.82, 2.24) is 5.32 Å². The molecule has 1 atom stereocenters. The second-order valence-electron chi connectivity index (χ2n) is 6.39. The highest BCUT2D eigenvalue weighted by Gasteiger charge is 2.28. The lowest BCUT2D eigenvalue weighted by Gasteiger charge is -2.35. The Morgan fingerprint density at radius 3 is 2.79 bits per heavy atom. The van der Waals surface area contributed by atoms with Crippen molar-refractivity contribution in [3.63, 3.8) is 0 Å². The fourth-order valence-corrected chi connectivity index (χ4v) is 3.20. The highest BCUT2D eigenvalue weighted by Crippen LogP contribution is 2.35. The molecule has 1 aliphatic rings. The van der Waals surface area contributed by atoms with Crippen LogP contribution in [0.25, 0.3) is 0 Å². The molecule has 0 heterocycles. The second-order valence-corrected chi connectivity index (χ2v) is 7.25. The number of rotatable bonds is 2. The van der Waals surface area contributed by atoms with Gasteiger partial charge in [0.2, 0.25) is 0 Å². The molecule has 1 fully saturated rings. The Labute approximate surface area is 124 Å². The summed E-state index contributed by atoms with van der Waals surface area (Å²) in [6, 6.07) is 6.09. The van der Waals surface area contributed by atoms with Gasteiger partial charge in [-0.05, 0) is 49.3 Å². The van der Waals surface area contributed by atoms with Gasteiger partial charge in [-0.1, -0.05) is 42.3 Å². The molecule has 1 N–H and O–H groups in total. The van der Waals surface area contributed by atoms with Crippen LogP contribution in [0.5, 0.6) is 0 Å². The average molecular weight is 324 g/mol. The minimum Gasteiger partial charge on any atom is -0.349 e. The van der Waals surface area contributed by atoms with Gasteiger partial charge in [0.1, 0.15) is 0 Å². The molecule has 0 aromatic heterocycles. The van der Waals surface area contributed by atoms with Crippen molar-refractivity contribution in [2.75, 3.05) is 0 Å². The lowest BCUT2D eigenvalue weighted by atomic mass is 9.75. The minimum absolute atomic E-state index is 0.0448. The van der Waals surface area contributed by atoms with Crippen LogP contribution in [-0.4, -0.2) is 11.9 Å². The van der Waals surface area contributed by atoms with Crippen LogP contribution in [0.3, 0.4) is 0 Å². The molecule has 3 heteroatoms. The summed E-state index contributed by atoms with van der Waals surface area (Å²) in [5.74, 6) is 0.0448. The molecule has 1 aliphatic carbocycles. The maximum Gasteiger partial charge on any atom is 0.251 e. The number of amides is 1. The molecule has 0 saturated heterocycles. The number of halogens is 1. The summed E-state index contributed by atoms with van der Waals surface area (Å²) in [6.45, 7) is 6.59. The predicted molar refractivity (Wildman–Crippen MR) is 82.4 cm³/mol. The summed E-state index contributed by atoms with van der Waals surface area (Å²) in [5, 5.41) is 3.18. The van der Waals surface area contributed by atoms with Crippen molar-refractivity contribution in [3.8, 4) is 0 Å². The maximum atomic E-state index is 12.3. The highest BCUT2D eigenvalue weighted by molar-refractivity contribution is 9.10. The Balaban J connectivity index is 2.02. The van der Waals surface area contributed by atoms with Crippen LogP contribution in [0.2, 0.25) is 0 Å². The zero-order valence-electron chi connectivity index (χ0n) is 11.9. The molecule has 1 aromatic rings. The van der Waals surface area contributed by atoms with E-state index < -0.39 is 0 Å². The zero-order valence-corrected chi connectivity index (χ0v) is 13.5. The molecule has 0 aliphatic heterocycles. The first kappa shape index (κ1) is 14.6. The molecule has 1 aromatic carbocycles. The minimum atomic E-state index is 0.0448. The first-order valence-corrected chi connectivity index (χ1v) is 7.74. The van der Waals surface area contributed by atoms with Crippen LogP contribution in [0.4, 0.5) is 0 Å². The van der Waals surface area contributed by atoms with E-state index in [-0.39, 0.29) is 5.91 Å². The van der Waals surface area contributed by atoms with Crippen molar-refractivity contribution >= 4 is 21.8 Å². The molecule has 0 bridgehead atoms. The van der Waals surface area contributed by atoms with Crippen LogP contribution in [0, 0.1) is 12.3 Å². The van der Waals surface area contributed by atoms with Gasteiger partial charge in [0, 0.05) is 16.1 Å². The molecule has 2 nitrogen and oxygen atoms in total. The lowest BCUT2D eigenvalue weighted by molar-refractivity contribution is 0.0902. The van der Waals surface area contributed by atoms with Crippen molar-refractivity contribution in [3.05, 3.63) is 33.8 Å². The van der Waals surface area contributed by atoms with Gasteiger partial charge >= 0.3 is 0 Å². The van der Waals surface area contributed by atoms with Crippen LogP contribution in [-0.2, 0) is 0 Å². The molecular formula is C16H22BrNO. The molecule has 104 valence electrons. The van der Waals surface area contributed by atoms with E-state index in [2.05, 4.69) is 35.1 Å². The lowest BCUT2D eigenvalue weighted by Crippen LogP contribution is -2.40. The Kier molecular flexibility index (Phi) is 4.34. The third-order valence-electron chi connectivity index (χ3n) is 3.97. The van der Waals surface area contributed by atoms with Crippen LogP contribution in [0.15, 0.2) is 22.7 Å². The fraction of sp³-hybridized carbons (Fsp3) is 0.562. The summed E-state index contributed by atoms with van der Waals surface area (Å²) in [7, 11) is 0. The van der Waals surface area contributed by atoms with Crippen molar-refractivity contribution in [2.24, 2.45) is 5.41 Å². The van der Waals surface area contributed by atoms with E-state index in [1.807, 2.05) is 25.1 Å². The van der Waals surface area contributed by atoms with E-state index in [1.54, 1.807) is 0 Å². The quantitative estimate of drug-likeness (QED) is 0.855. The number of hydrogen-bond donors (Lipinski definition) is 1. The topological polar surface area (TPSA) is 29.1 Å². The number of carbonyl (C=O) groups excluding carboxylic acids is 1. The Hall–Kier alpha value is -0.830. The first-order chi connectivity index (χ1) is 8.87. The summed E-state index contributed by atoms with van der Waals surface area (Å²) >= 11 is 3.48. The van der Waals surface area contributed by atoms with Crippen LogP contribution < -0.4 is 5.32 Å². The number of hydrogen-bond acceptors (Lipinski definition) is 1. The van der Waals surface area contributed by atoms with E-state index in [4.69, 9.17) is 0 Å². The molecular weight excluding hydrogens is 302 g/mol. The molecule has 1 unspecified atom stereocenters. The maximum absolute atomic E-state index is 12.3. The Morgan fingerprint density at radius 1 is 1.42 bits per heavy atom. The van der Waals surface area contributed by atoms with E-state index in [1.165, 1.54) is 12.8 Å². The van der Waals surface area contributed by atoms with E-state index >= 15 is 0 Å². The van der Waals surface area contributed by atoms with Gasteiger partial charge in [-0.2, -0.15) is 0 Å². The van der Waals surface area contributed by atoms with Gasteiger partial charge in [-0.25, -0.2) is 0 Å². The molecule has 0 spiro atoms. The molecule has 19 heavy (non-hydrogen) atoms. The van der Waals surface area contributed by atoms with E-state index in [0.29, 0.717) is 11.5 Å².